The highest BCUT2D eigenvalue weighted by molar-refractivity contribution is 5.96. The van der Waals surface area contributed by atoms with E-state index in [1.165, 1.54) is 6.92 Å². The molecule has 0 radical (unpaired) electrons. The predicted octanol–water partition coefficient (Wildman–Crippen LogP) is 2.15. The summed E-state index contributed by atoms with van der Waals surface area (Å²) in [5.74, 6) is -0.423. The lowest BCUT2D eigenvalue weighted by Gasteiger charge is -2.13. The van der Waals surface area contributed by atoms with Gasteiger partial charge in [0.25, 0.3) is 0 Å². The zero-order valence-corrected chi connectivity index (χ0v) is 12.4. The average Bonchev–Trinajstić information content (AvgIpc) is 2.48. The molecule has 0 spiro atoms. The molecule has 0 bridgehead atoms. The second-order valence-electron chi connectivity index (χ2n) is 5.05. The maximum absolute atomic E-state index is 12.1. The molecule has 0 aliphatic carbocycles. The summed E-state index contributed by atoms with van der Waals surface area (Å²) in [4.78, 5) is 23.2. The highest BCUT2D eigenvalue weighted by atomic mass is 16.2. The average molecular weight is 297 g/mol. The van der Waals surface area contributed by atoms with E-state index in [9.17, 15) is 9.59 Å². The summed E-state index contributed by atoms with van der Waals surface area (Å²) in [6.07, 6.45) is 0.470. The van der Waals surface area contributed by atoms with Gasteiger partial charge in [0.2, 0.25) is 11.8 Å². The van der Waals surface area contributed by atoms with Gasteiger partial charge in [-0.25, -0.2) is 0 Å². The van der Waals surface area contributed by atoms with Crippen molar-refractivity contribution in [2.45, 2.75) is 19.4 Å². The Hall–Kier alpha value is -2.66. The van der Waals surface area contributed by atoms with E-state index >= 15 is 0 Å². The highest BCUT2D eigenvalue weighted by Crippen LogP contribution is 2.15. The van der Waals surface area contributed by atoms with E-state index in [2.05, 4.69) is 10.6 Å². The summed E-state index contributed by atoms with van der Waals surface area (Å²) in [6, 6.07) is 15.9. The Balaban J connectivity index is 1.97. The lowest BCUT2D eigenvalue weighted by molar-refractivity contribution is -0.117. The maximum atomic E-state index is 12.1. The quantitative estimate of drug-likeness (QED) is 0.790. The first-order chi connectivity index (χ1) is 10.5. The van der Waals surface area contributed by atoms with Crippen molar-refractivity contribution >= 4 is 23.2 Å². The van der Waals surface area contributed by atoms with Crippen molar-refractivity contribution in [1.82, 2.24) is 0 Å². The Bertz CT molecular complexity index is 656. The van der Waals surface area contributed by atoms with Crippen LogP contribution in [0, 0.1) is 0 Å². The van der Waals surface area contributed by atoms with Gasteiger partial charge in [0.15, 0.2) is 0 Å². The molecule has 5 heteroatoms. The molecular formula is C17H19N3O2. The number of amides is 2. The lowest BCUT2D eigenvalue weighted by Crippen LogP contribution is -2.37. The summed E-state index contributed by atoms with van der Waals surface area (Å²) in [5, 5.41) is 5.43. The smallest absolute Gasteiger partial charge is 0.241 e. The summed E-state index contributed by atoms with van der Waals surface area (Å²) in [7, 11) is 0. The lowest BCUT2D eigenvalue weighted by atomic mass is 10.1. The van der Waals surface area contributed by atoms with Crippen LogP contribution >= 0.6 is 0 Å². The maximum Gasteiger partial charge on any atom is 0.241 e. The van der Waals surface area contributed by atoms with E-state index in [1.807, 2.05) is 30.3 Å². The van der Waals surface area contributed by atoms with Gasteiger partial charge in [-0.15, -0.1) is 0 Å². The van der Waals surface area contributed by atoms with Gasteiger partial charge >= 0.3 is 0 Å². The van der Waals surface area contributed by atoms with Gasteiger partial charge in [-0.05, 0) is 30.2 Å². The first-order valence-corrected chi connectivity index (χ1v) is 7.02. The molecule has 2 rings (SSSR count). The zero-order chi connectivity index (χ0) is 15.9. The van der Waals surface area contributed by atoms with Crippen LogP contribution in [0.1, 0.15) is 12.5 Å². The molecule has 114 valence electrons. The van der Waals surface area contributed by atoms with Crippen LogP contribution in [0.15, 0.2) is 54.6 Å². The van der Waals surface area contributed by atoms with Crippen molar-refractivity contribution in [3.8, 4) is 0 Å². The van der Waals surface area contributed by atoms with Gasteiger partial charge in [0, 0.05) is 18.3 Å². The minimum atomic E-state index is -0.633. The number of rotatable bonds is 5. The number of anilines is 2. The summed E-state index contributed by atoms with van der Waals surface area (Å²) in [5.41, 5.74) is 8.17. The monoisotopic (exact) mass is 297 g/mol. The van der Waals surface area contributed by atoms with E-state index in [0.717, 1.165) is 5.56 Å². The zero-order valence-electron chi connectivity index (χ0n) is 12.4. The standard InChI is InChI=1S/C17H19N3O2/c1-12(21)19-14-8-5-9-15(11-14)20-17(22)16(18)10-13-6-3-2-4-7-13/h2-9,11,16H,10,18H2,1H3,(H,19,21)(H,20,22)/t16-/m0/s1. The van der Waals surface area contributed by atoms with Crippen LogP contribution in [0.2, 0.25) is 0 Å². The van der Waals surface area contributed by atoms with Gasteiger partial charge in [-0.2, -0.15) is 0 Å². The fourth-order valence-corrected chi connectivity index (χ4v) is 2.07. The molecule has 0 saturated heterocycles. The minimum Gasteiger partial charge on any atom is -0.326 e. The molecule has 0 unspecified atom stereocenters. The molecule has 0 aliphatic rings. The van der Waals surface area contributed by atoms with Crippen LogP contribution in [-0.4, -0.2) is 17.9 Å². The fraction of sp³-hybridized carbons (Fsp3) is 0.176. The molecule has 5 nitrogen and oxygen atoms in total. The van der Waals surface area contributed by atoms with Crippen LogP contribution in [0.25, 0.3) is 0 Å². The Morgan fingerprint density at radius 3 is 2.27 bits per heavy atom. The van der Waals surface area contributed by atoms with E-state index in [1.54, 1.807) is 24.3 Å². The van der Waals surface area contributed by atoms with Crippen LogP contribution in [0.5, 0.6) is 0 Å². The van der Waals surface area contributed by atoms with Crippen molar-refractivity contribution in [2.24, 2.45) is 5.73 Å². The SMILES string of the molecule is CC(=O)Nc1cccc(NC(=O)[C@@H](N)Cc2ccccc2)c1. The van der Waals surface area contributed by atoms with Gasteiger partial charge in [-0.3, -0.25) is 9.59 Å². The summed E-state index contributed by atoms with van der Waals surface area (Å²) in [6.45, 7) is 1.43. The first-order valence-electron chi connectivity index (χ1n) is 7.02. The number of carbonyl (C=O) groups excluding carboxylic acids is 2. The summed E-state index contributed by atoms with van der Waals surface area (Å²) < 4.78 is 0. The molecule has 2 amide bonds. The van der Waals surface area contributed by atoms with E-state index in [0.29, 0.717) is 17.8 Å². The topological polar surface area (TPSA) is 84.2 Å². The first kappa shape index (κ1) is 15.7. The molecule has 4 N–H and O–H groups in total. The second kappa shape index (κ2) is 7.38. The molecule has 1 atom stereocenters. The molecular weight excluding hydrogens is 278 g/mol. The molecule has 0 aromatic heterocycles. The van der Waals surface area contributed by atoms with E-state index in [-0.39, 0.29) is 11.8 Å². The van der Waals surface area contributed by atoms with Crippen molar-refractivity contribution in [3.63, 3.8) is 0 Å². The molecule has 0 saturated carbocycles. The largest absolute Gasteiger partial charge is 0.326 e. The third-order valence-corrected chi connectivity index (χ3v) is 3.09. The number of nitrogens with one attached hydrogen (secondary N) is 2. The fourth-order valence-electron chi connectivity index (χ4n) is 2.07. The van der Waals surface area contributed by atoms with Crippen molar-refractivity contribution in [1.29, 1.82) is 0 Å². The van der Waals surface area contributed by atoms with Crippen LogP contribution < -0.4 is 16.4 Å². The normalized spacial score (nSPS) is 11.5. The van der Waals surface area contributed by atoms with E-state index < -0.39 is 6.04 Å². The Morgan fingerprint density at radius 1 is 1.00 bits per heavy atom. The molecule has 0 aliphatic heterocycles. The van der Waals surface area contributed by atoms with Crippen molar-refractivity contribution in [3.05, 3.63) is 60.2 Å². The Kier molecular flexibility index (Phi) is 5.27. The molecule has 0 heterocycles. The predicted molar refractivity (Wildman–Crippen MR) is 87.5 cm³/mol. The molecule has 2 aromatic rings. The van der Waals surface area contributed by atoms with Crippen LogP contribution in [-0.2, 0) is 16.0 Å². The van der Waals surface area contributed by atoms with E-state index in [4.69, 9.17) is 5.73 Å². The number of nitrogens with two attached hydrogens (primary N) is 1. The molecule has 2 aromatic carbocycles. The second-order valence-corrected chi connectivity index (χ2v) is 5.05. The Labute approximate surface area is 129 Å². The van der Waals surface area contributed by atoms with Crippen molar-refractivity contribution in [2.75, 3.05) is 10.6 Å². The molecule has 0 fully saturated rings. The number of hydrogen-bond donors (Lipinski definition) is 3. The third kappa shape index (κ3) is 4.71. The highest BCUT2D eigenvalue weighted by Gasteiger charge is 2.14. The minimum absolute atomic E-state index is 0.163. The summed E-state index contributed by atoms with van der Waals surface area (Å²) >= 11 is 0. The van der Waals surface area contributed by atoms with Gasteiger partial charge in [0.1, 0.15) is 0 Å². The van der Waals surface area contributed by atoms with Gasteiger partial charge in [0.05, 0.1) is 6.04 Å². The number of benzene rings is 2. The molecule has 22 heavy (non-hydrogen) atoms. The van der Waals surface area contributed by atoms with Gasteiger partial charge < -0.3 is 16.4 Å². The van der Waals surface area contributed by atoms with Gasteiger partial charge in [-0.1, -0.05) is 36.4 Å². The third-order valence-electron chi connectivity index (χ3n) is 3.09. The van der Waals surface area contributed by atoms with Crippen molar-refractivity contribution < 1.29 is 9.59 Å². The number of hydrogen-bond acceptors (Lipinski definition) is 3. The number of carbonyl (C=O) groups is 2. The van der Waals surface area contributed by atoms with Crippen LogP contribution in [0.3, 0.4) is 0 Å². The Morgan fingerprint density at radius 2 is 1.64 bits per heavy atom. The van der Waals surface area contributed by atoms with Crippen LogP contribution in [0.4, 0.5) is 11.4 Å².